The van der Waals surface area contributed by atoms with Gasteiger partial charge < -0.3 is 15.3 Å². The summed E-state index contributed by atoms with van der Waals surface area (Å²) in [6.45, 7) is 9.75. The predicted molar refractivity (Wildman–Crippen MR) is 101 cm³/mol. The Bertz CT molecular complexity index is 426. The van der Waals surface area contributed by atoms with Gasteiger partial charge in [-0.05, 0) is 57.4 Å². The second-order valence-corrected chi connectivity index (χ2v) is 8.01. The highest BCUT2D eigenvalue weighted by molar-refractivity contribution is 5.25. The zero-order valence-corrected chi connectivity index (χ0v) is 15.7. The van der Waals surface area contributed by atoms with Crippen LogP contribution in [-0.4, -0.2) is 33.1 Å². The smallest absolute Gasteiger partial charge is 0.0809 e. The number of aliphatic hydroxyl groups is 3. The summed E-state index contributed by atoms with van der Waals surface area (Å²) in [6, 6.07) is 0. The van der Waals surface area contributed by atoms with Gasteiger partial charge in [0.2, 0.25) is 0 Å². The standard InChI is InChI=1S/C21H36O3/c1-16(11-9-13-21(3,4)24)10-7-5-6-8-12-18-14-19(22)17(2)20(23)15-18/h6,8,12,16,19-20,22-24H,2,5,7,9-11,13-15H2,1,3-4H3/b8-6+/t16-,19-,20-/m1/s1. The lowest BCUT2D eigenvalue weighted by atomic mass is 9.86. The summed E-state index contributed by atoms with van der Waals surface area (Å²) in [4.78, 5) is 0. The van der Waals surface area contributed by atoms with Gasteiger partial charge in [-0.15, -0.1) is 0 Å². The molecule has 138 valence electrons. The van der Waals surface area contributed by atoms with Crippen molar-refractivity contribution in [1.29, 1.82) is 0 Å². The lowest BCUT2D eigenvalue weighted by molar-refractivity contribution is 0.0669. The molecule has 0 spiro atoms. The van der Waals surface area contributed by atoms with Crippen LogP contribution in [0.4, 0.5) is 0 Å². The van der Waals surface area contributed by atoms with Crippen LogP contribution in [0, 0.1) is 5.92 Å². The van der Waals surface area contributed by atoms with E-state index in [4.69, 9.17) is 0 Å². The highest BCUT2D eigenvalue weighted by Crippen LogP contribution is 2.27. The van der Waals surface area contributed by atoms with Crippen LogP contribution in [-0.2, 0) is 0 Å². The van der Waals surface area contributed by atoms with E-state index >= 15 is 0 Å². The lowest BCUT2D eigenvalue weighted by Crippen LogP contribution is -2.27. The van der Waals surface area contributed by atoms with Gasteiger partial charge in [-0.3, -0.25) is 0 Å². The summed E-state index contributed by atoms with van der Waals surface area (Å²) in [6.07, 6.45) is 12.7. The van der Waals surface area contributed by atoms with Gasteiger partial charge in [0, 0.05) is 0 Å². The highest BCUT2D eigenvalue weighted by Gasteiger charge is 2.25. The minimum atomic E-state index is -0.613. The molecule has 3 N–H and O–H groups in total. The van der Waals surface area contributed by atoms with Crippen molar-refractivity contribution in [3.63, 3.8) is 0 Å². The molecule has 1 aliphatic rings. The topological polar surface area (TPSA) is 60.7 Å². The Hall–Kier alpha value is -0.900. The second kappa shape index (κ2) is 10.2. The molecule has 1 rings (SSSR count). The predicted octanol–water partition coefficient (Wildman–Crippen LogP) is 4.29. The summed E-state index contributed by atoms with van der Waals surface area (Å²) in [5, 5.41) is 29.3. The largest absolute Gasteiger partial charge is 0.390 e. The monoisotopic (exact) mass is 336 g/mol. The van der Waals surface area contributed by atoms with Crippen LogP contribution in [0.2, 0.25) is 0 Å². The van der Waals surface area contributed by atoms with Crippen LogP contribution in [0.3, 0.4) is 0 Å². The number of aliphatic hydroxyl groups excluding tert-OH is 2. The summed E-state index contributed by atoms with van der Waals surface area (Å²) >= 11 is 0. The molecule has 1 saturated carbocycles. The van der Waals surface area contributed by atoms with E-state index in [9.17, 15) is 15.3 Å². The third kappa shape index (κ3) is 8.81. The molecule has 0 amide bonds. The van der Waals surface area contributed by atoms with E-state index in [-0.39, 0.29) is 0 Å². The Morgan fingerprint density at radius 3 is 2.33 bits per heavy atom. The maximum Gasteiger partial charge on any atom is 0.0809 e. The molecule has 3 nitrogen and oxygen atoms in total. The first-order valence-corrected chi connectivity index (χ1v) is 9.31. The van der Waals surface area contributed by atoms with Gasteiger partial charge in [0.15, 0.2) is 0 Å². The van der Waals surface area contributed by atoms with Gasteiger partial charge in [0.05, 0.1) is 17.8 Å². The molecule has 3 heteroatoms. The fourth-order valence-corrected chi connectivity index (χ4v) is 3.11. The molecule has 0 saturated heterocycles. The number of allylic oxidation sites excluding steroid dienone is 3. The van der Waals surface area contributed by atoms with Crippen molar-refractivity contribution in [2.24, 2.45) is 5.92 Å². The first kappa shape index (κ1) is 21.1. The fraction of sp³-hybridized carbons (Fsp3) is 0.714. The van der Waals surface area contributed by atoms with Gasteiger partial charge in [-0.25, -0.2) is 0 Å². The van der Waals surface area contributed by atoms with E-state index < -0.39 is 17.8 Å². The Kier molecular flexibility index (Phi) is 8.96. The van der Waals surface area contributed by atoms with Crippen LogP contribution in [0.1, 0.15) is 72.1 Å². The van der Waals surface area contributed by atoms with Crippen LogP contribution in [0.5, 0.6) is 0 Å². The first-order chi connectivity index (χ1) is 11.2. The number of hydrogen-bond acceptors (Lipinski definition) is 3. The molecule has 0 aromatic rings. The molecule has 24 heavy (non-hydrogen) atoms. The molecule has 0 bridgehead atoms. The van der Waals surface area contributed by atoms with E-state index in [0.717, 1.165) is 24.8 Å². The maximum absolute atomic E-state index is 9.80. The van der Waals surface area contributed by atoms with E-state index in [2.05, 4.69) is 19.6 Å². The summed E-state index contributed by atoms with van der Waals surface area (Å²) in [7, 11) is 0. The molecule has 1 aliphatic carbocycles. The first-order valence-electron chi connectivity index (χ1n) is 9.31. The molecule has 0 aromatic carbocycles. The molecule has 0 aromatic heterocycles. The third-order valence-electron chi connectivity index (χ3n) is 4.79. The van der Waals surface area contributed by atoms with Crippen LogP contribution in [0.15, 0.2) is 36.0 Å². The van der Waals surface area contributed by atoms with Gasteiger partial charge in [-0.2, -0.15) is 0 Å². The fourth-order valence-electron chi connectivity index (χ4n) is 3.11. The molecule has 1 fully saturated rings. The maximum atomic E-state index is 9.80. The van der Waals surface area contributed by atoms with E-state index in [1.165, 1.54) is 19.3 Å². The van der Waals surface area contributed by atoms with E-state index in [1.54, 1.807) is 0 Å². The normalized spacial score (nSPS) is 23.8. The highest BCUT2D eigenvalue weighted by atomic mass is 16.3. The zero-order valence-electron chi connectivity index (χ0n) is 15.7. The van der Waals surface area contributed by atoms with Crippen molar-refractivity contribution in [3.8, 4) is 0 Å². The molecule has 3 atom stereocenters. The molecular weight excluding hydrogens is 300 g/mol. The Morgan fingerprint density at radius 2 is 1.75 bits per heavy atom. The third-order valence-corrected chi connectivity index (χ3v) is 4.79. The number of unbranched alkanes of at least 4 members (excludes halogenated alkanes) is 1. The summed E-state index contributed by atoms with van der Waals surface area (Å²) in [5.41, 5.74) is 1.08. The SMILES string of the molecule is C=C1[C@H](O)CC(=C/C=C/CCC[C@@H](C)CCCC(C)(C)O)C[C@H]1O. The van der Waals surface area contributed by atoms with Gasteiger partial charge in [-0.1, -0.05) is 56.6 Å². The van der Waals surface area contributed by atoms with Crippen molar-refractivity contribution >= 4 is 0 Å². The second-order valence-electron chi connectivity index (χ2n) is 8.01. The van der Waals surface area contributed by atoms with Crippen LogP contribution in [0.25, 0.3) is 0 Å². The molecular formula is C21H36O3. The Labute approximate surface area is 147 Å². The summed E-state index contributed by atoms with van der Waals surface area (Å²) in [5.74, 6) is 0.703. The van der Waals surface area contributed by atoms with E-state index in [0.29, 0.717) is 24.3 Å². The molecule has 0 radical (unpaired) electrons. The zero-order chi connectivity index (χ0) is 18.2. The van der Waals surface area contributed by atoms with Crippen molar-refractivity contribution in [1.82, 2.24) is 0 Å². The minimum Gasteiger partial charge on any atom is -0.390 e. The Morgan fingerprint density at radius 1 is 1.17 bits per heavy atom. The minimum absolute atomic E-state index is 0.537. The number of rotatable bonds is 9. The molecule has 0 unspecified atom stereocenters. The average Bonchev–Trinajstić information content (AvgIpc) is 2.46. The lowest BCUT2D eigenvalue weighted by Gasteiger charge is -2.27. The van der Waals surface area contributed by atoms with Gasteiger partial charge >= 0.3 is 0 Å². The summed E-state index contributed by atoms with van der Waals surface area (Å²) < 4.78 is 0. The Balaban J connectivity index is 2.17. The van der Waals surface area contributed by atoms with Crippen LogP contribution >= 0.6 is 0 Å². The quantitative estimate of drug-likeness (QED) is 0.435. The average molecular weight is 337 g/mol. The van der Waals surface area contributed by atoms with Crippen molar-refractivity contribution in [3.05, 3.63) is 36.0 Å². The number of hydrogen-bond donors (Lipinski definition) is 3. The van der Waals surface area contributed by atoms with Crippen molar-refractivity contribution < 1.29 is 15.3 Å². The van der Waals surface area contributed by atoms with Crippen LogP contribution < -0.4 is 0 Å². The van der Waals surface area contributed by atoms with E-state index in [1.807, 2.05) is 26.0 Å². The van der Waals surface area contributed by atoms with Gasteiger partial charge in [0.25, 0.3) is 0 Å². The molecule has 0 heterocycles. The van der Waals surface area contributed by atoms with Crippen molar-refractivity contribution in [2.75, 3.05) is 0 Å². The van der Waals surface area contributed by atoms with Crippen molar-refractivity contribution in [2.45, 2.75) is 89.9 Å². The van der Waals surface area contributed by atoms with Gasteiger partial charge in [0.1, 0.15) is 0 Å². The molecule has 0 aliphatic heterocycles.